The molecule has 1 aromatic rings. The molecule has 2 aliphatic rings. The molecule has 3 nitrogen and oxygen atoms in total. The van der Waals surface area contributed by atoms with Crippen molar-refractivity contribution < 1.29 is 0 Å². The highest BCUT2D eigenvalue weighted by Gasteiger charge is 2.26. The van der Waals surface area contributed by atoms with Gasteiger partial charge in [0.1, 0.15) is 0 Å². The van der Waals surface area contributed by atoms with Crippen molar-refractivity contribution in [3.63, 3.8) is 0 Å². The predicted octanol–water partition coefficient (Wildman–Crippen LogP) is 4.15. The van der Waals surface area contributed by atoms with Gasteiger partial charge in [-0.25, -0.2) is 4.98 Å². The number of nitrogens with zero attached hydrogens (tertiary/aromatic N) is 2. The number of hydrogen-bond acceptors (Lipinski definition) is 2. The summed E-state index contributed by atoms with van der Waals surface area (Å²) < 4.78 is 0. The number of rotatable bonds is 3. The van der Waals surface area contributed by atoms with E-state index in [-0.39, 0.29) is 34.0 Å². The van der Waals surface area contributed by atoms with Crippen LogP contribution in [0, 0.1) is 5.92 Å². The lowest BCUT2D eigenvalue weighted by atomic mass is 9.88. The van der Waals surface area contributed by atoms with E-state index < -0.39 is 0 Å². The Morgan fingerprint density at radius 1 is 1.05 bits per heavy atom. The summed E-state index contributed by atoms with van der Waals surface area (Å²) in [7, 11) is 0. The second kappa shape index (κ2) is 9.21. The number of halogens is 2. The maximum atomic E-state index is 4.11. The van der Waals surface area contributed by atoms with Crippen LogP contribution in [0.25, 0.3) is 0 Å². The maximum absolute atomic E-state index is 4.11. The molecule has 1 aliphatic carbocycles. The minimum Gasteiger partial charge on any atom is -0.348 e. The number of H-pyrrole nitrogens is 1. The smallest absolute Gasteiger partial charge is 0.0921 e. The van der Waals surface area contributed by atoms with Crippen LogP contribution in [0.3, 0.4) is 0 Å². The fourth-order valence-corrected chi connectivity index (χ4v) is 3.68. The minimum atomic E-state index is 0. The molecule has 1 saturated heterocycles. The molecular weight excluding hydrogens is 382 g/mol. The first-order valence-corrected chi connectivity index (χ1v) is 7.63. The number of nitrogens with one attached hydrogen (secondary N) is 1. The van der Waals surface area contributed by atoms with Crippen LogP contribution in [0.5, 0.6) is 0 Å². The second-order valence-corrected chi connectivity index (χ2v) is 6.05. The Hall–Kier alpha value is 0.130. The van der Waals surface area contributed by atoms with Crippen LogP contribution < -0.4 is 0 Å². The number of hydrogen-bond donors (Lipinski definition) is 1. The Labute approximate surface area is 143 Å². The third-order valence-electron chi connectivity index (χ3n) is 4.80. The first-order valence-electron chi connectivity index (χ1n) is 7.63. The van der Waals surface area contributed by atoms with Gasteiger partial charge in [-0.2, -0.15) is 0 Å². The zero-order chi connectivity index (χ0) is 12.2. The molecule has 0 atom stereocenters. The second-order valence-electron chi connectivity index (χ2n) is 6.05. The molecule has 2 heterocycles. The molecule has 0 radical (unpaired) electrons. The lowest BCUT2D eigenvalue weighted by Crippen LogP contribution is -2.42. The summed E-state index contributed by atoms with van der Waals surface area (Å²) in [6, 6.07) is 0.909. The van der Waals surface area contributed by atoms with Crippen LogP contribution in [0.1, 0.15) is 50.6 Å². The van der Waals surface area contributed by atoms with Gasteiger partial charge in [0, 0.05) is 17.9 Å². The van der Waals surface area contributed by atoms with E-state index >= 15 is 0 Å². The Morgan fingerprint density at radius 3 is 2.35 bits per heavy atom. The molecule has 1 aliphatic heterocycles. The largest absolute Gasteiger partial charge is 0.348 e. The van der Waals surface area contributed by atoms with E-state index in [2.05, 4.69) is 14.9 Å². The molecule has 5 heteroatoms. The fourth-order valence-electron chi connectivity index (χ4n) is 3.68. The number of imidazole rings is 1. The maximum Gasteiger partial charge on any atom is 0.0921 e. The number of piperidine rings is 1. The van der Waals surface area contributed by atoms with E-state index in [1.807, 2.05) is 6.20 Å². The third-order valence-corrected chi connectivity index (χ3v) is 4.80. The van der Waals surface area contributed by atoms with Crippen LogP contribution in [0.15, 0.2) is 12.5 Å². The zero-order valence-electron chi connectivity index (χ0n) is 12.1. The van der Waals surface area contributed by atoms with Crippen LogP contribution in [0.4, 0.5) is 0 Å². The molecule has 1 N–H and O–H groups in total. The number of aromatic nitrogens is 2. The zero-order valence-corrected chi connectivity index (χ0v) is 15.5. The highest BCUT2D eigenvalue weighted by molar-refractivity contribution is 8.93. The van der Waals surface area contributed by atoms with E-state index in [1.165, 1.54) is 70.2 Å². The van der Waals surface area contributed by atoms with Gasteiger partial charge in [0.2, 0.25) is 0 Å². The molecule has 0 bridgehead atoms. The van der Waals surface area contributed by atoms with Crippen molar-refractivity contribution in [3.05, 3.63) is 18.2 Å². The van der Waals surface area contributed by atoms with Crippen molar-refractivity contribution in [3.8, 4) is 0 Å². The third kappa shape index (κ3) is 4.85. The normalized spacial score (nSPS) is 22.0. The summed E-state index contributed by atoms with van der Waals surface area (Å²) in [5.74, 6) is 0.866. The summed E-state index contributed by atoms with van der Waals surface area (Å²) in [6.45, 7) is 2.65. The summed E-state index contributed by atoms with van der Waals surface area (Å²) in [5, 5.41) is 0. The molecule has 20 heavy (non-hydrogen) atoms. The van der Waals surface area contributed by atoms with Crippen LogP contribution in [-0.4, -0.2) is 34.0 Å². The highest BCUT2D eigenvalue weighted by Crippen LogP contribution is 2.28. The van der Waals surface area contributed by atoms with Crippen molar-refractivity contribution in [2.24, 2.45) is 5.92 Å². The highest BCUT2D eigenvalue weighted by atomic mass is 79.9. The monoisotopic (exact) mass is 407 g/mol. The molecule has 0 spiro atoms. The average molecular weight is 409 g/mol. The SMILES string of the molecule is Br.Br.c1ncc(CC2CCN(C3CCCCC3)CC2)[nH]1. The predicted molar refractivity (Wildman–Crippen MR) is 94.1 cm³/mol. The van der Waals surface area contributed by atoms with Gasteiger partial charge >= 0.3 is 0 Å². The quantitative estimate of drug-likeness (QED) is 0.814. The Balaban J connectivity index is 0.000001000. The topological polar surface area (TPSA) is 31.9 Å². The molecule has 0 unspecified atom stereocenters. The lowest BCUT2D eigenvalue weighted by molar-refractivity contribution is 0.106. The van der Waals surface area contributed by atoms with Crippen LogP contribution in [-0.2, 0) is 6.42 Å². The molecular formula is C15H27Br2N3. The molecule has 0 aromatic carbocycles. The Morgan fingerprint density at radius 2 is 1.75 bits per heavy atom. The van der Waals surface area contributed by atoms with E-state index in [0.717, 1.165) is 12.0 Å². The molecule has 3 rings (SSSR count). The van der Waals surface area contributed by atoms with Gasteiger partial charge in [0.15, 0.2) is 0 Å². The van der Waals surface area contributed by atoms with E-state index in [9.17, 15) is 0 Å². The van der Waals surface area contributed by atoms with Crippen molar-refractivity contribution in [2.75, 3.05) is 13.1 Å². The van der Waals surface area contributed by atoms with Gasteiger partial charge in [0.05, 0.1) is 6.33 Å². The first-order chi connectivity index (χ1) is 8.92. The van der Waals surface area contributed by atoms with Gasteiger partial charge in [-0.1, -0.05) is 19.3 Å². The fraction of sp³-hybridized carbons (Fsp3) is 0.800. The van der Waals surface area contributed by atoms with Gasteiger partial charge in [0.25, 0.3) is 0 Å². The van der Waals surface area contributed by atoms with Crippen molar-refractivity contribution >= 4 is 34.0 Å². The standard InChI is InChI=1S/C15H25N3.2BrH/c1-2-4-15(5-3-1)18-8-6-13(7-9-18)10-14-11-16-12-17-14;;/h11-13,15H,1-10H2,(H,16,17);2*1H. The molecule has 2 fully saturated rings. The first kappa shape index (κ1) is 18.2. The molecule has 0 amide bonds. The van der Waals surface area contributed by atoms with Gasteiger partial charge in [-0.05, 0) is 51.1 Å². The van der Waals surface area contributed by atoms with Crippen molar-refractivity contribution in [2.45, 2.75) is 57.4 Å². The van der Waals surface area contributed by atoms with E-state index in [4.69, 9.17) is 0 Å². The number of aromatic amines is 1. The lowest BCUT2D eigenvalue weighted by Gasteiger charge is -2.39. The molecule has 1 aromatic heterocycles. The van der Waals surface area contributed by atoms with Crippen molar-refractivity contribution in [1.29, 1.82) is 0 Å². The molecule has 116 valence electrons. The summed E-state index contributed by atoms with van der Waals surface area (Å²) >= 11 is 0. The van der Waals surface area contributed by atoms with Gasteiger partial charge in [-0.3, -0.25) is 0 Å². The van der Waals surface area contributed by atoms with Gasteiger partial charge in [-0.15, -0.1) is 34.0 Å². The van der Waals surface area contributed by atoms with Crippen LogP contribution >= 0.6 is 34.0 Å². The minimum absolute atomic E-state index is 0. The van der Waals surface area contributed by atoms with Gasteiger partial charge < -0.3 is 9.88 Å². The van der Waals surface area contributed by atoms with E-state index in [0.29, 0.717) is 0 Å². The Kier molecular flexibility index (Phi) is 8.37. The summed E-state index contributed by atoms with van der Waals surface area (Å²) in [6.07, 6.45) is 15.0. The number of likely N-dealkylation sites (tertiary alicyclic amines) is 1. The Bertz CT molecular complexity index is 342. The molecule has 1 saturated carbocycles. The van der Waals surface area contributed by atoms with E-state index in [1.54, 1.807) is 6.33 Å². The van der Waals surface area contributed by atoms with Crippen LogP contribution in [0.2, 0.25) is 0 Å². The average Bonchev–Trinajstić information content (AvgIpc) is 2.94. The van der Waals surface area contributed by atoms with Crippen molar-refractivity contribution in [1.82, 2.24) is 14.9 Å². The summed E-state index contributed by atoms with van der Waals surface area (Å²) in [4.78, 5) is 10.1. The summed E-state index contributed by atoms with van der Waals surface area (Å²) in [5.41, 5.74) is 1.31.